The van der Waals surface area contributed by atoms with Crippen molar-refractivity contribution in [3.63, 3.8) is 0 Å². The number of thiophene rings is 1. The van der Waals surface area contributed by atoms with E-state index in [9.17, 15) is 9.90 Å². The van der Waals surface area contributed by atoms with Crippen LogP contribution in [0, 0.1) is 0 Å². The Morgan fingerprint density at radius 1 is 1.59 bits per heavy atom. The number of rotatable bonds is 1. The molecule has 0 radical (unpaired) electrons. The molecule has 0 bridgehead atoms. The fourth-order valence-electron chi connectivity index (χ4n) is 2.19. The number of carbonyl (C=O) groups excluding carboxylic acids is 1. The topological polar surface area (TPSA) is 40.5 Å². The largest absolute Gasteiger partial charge is 0.391 e. The van der Waals surface area contributed by atoms with Gasteiger partial charge in [-0.2, -0.15) is 0 Å². The monoisotopic (exact) mass is 317 g/mol. The molecule has 1 aromatic heterocycles. The minimum absolute atomic E-state index is 0.0180. The molecule has 1 saturated heterocycles. The zero-order valence-corrected chi connectivity index (χ0v) is 12.3. The number of aliphatic hydroxyl groups is 1. The van der Waals surface area contributed by atoms with Crippen LogP contribution in [0.2, 0.25) is 0 Å². The van der Waals surface area contributed by atoms with E-state index in [0.29, 0.717) is 0 Å². The van der Waals surface area contributed by atoms with Crippen molar-refractivity contribution in [2.45, 2.75) is 38.3 Å². The molecule has 1 aliphatic rings. The van der Waals surface area contributed by atoms with E-state index in [4.69, 9.17) is 0 Å². The van der Waals surface area contributed by atoms with Gasteiger partial charge in [-0.1, -0.05) is 0 Å². The highest BCUT2D eigenvalue weighted by Crippen LogP contribution is 2.31. The maximum absolute atomic E-state index is 12.4. The zero-order chi connectivity index (χ0) is 12.6. The second-order valence-corrected chi connectivity index (χ2v) is 7.34. The second kappa shape index (κ2) is 4.71. The minimum atomic E-state index is -0.480. The van der Waals surface area contributed by atoms with Crippen LogP contribution in [0.15, 0.2) is 15.9 Å². The number of carbonyl (C=O) groups is 1. The number of likely N-dealkylation sites (tertiary alicyclic amines) is 1. The first-order chi connectivity index (χ1) is 7.93. The number of hydrogen-bond acceptors (Lipinski definition) is 3. The molecular weight excluding hydrogens is 302 g/mol. The van der Waals surface area contributed by atoms with Crippen molar-refractivity contribution in [1.82, 2.24) is 4.90 Å². The second-order valence-electron chi connectivity index (χ2n) is 4.87. The first-order valence-corrected chi connectivity index (χ1v) is 7.29. The summed E-state index contributed by atoms with van der Waals surface area (Å²) in [5.74, 6) is 0.0180. The molecule has 0 aliphatic carbocycles. The smallest absolute Gasteiger partial charge is 0.264 e. The number of aliphatic hydroxyl groups excluding tert-OH is 1. The normalized spacial score (nSPS) is 23.8. The van der Waals surface area contributed by atoms with Crippen molar-refractivity contribution in [3.8, 4) is 0 Å². The fraction of sp³-hybridized carbons (Fsp3) is 0.583. The minimum Gasteiger partial charge on any atom is -0.391 e. The fourth-order valence-corrected chi connectivity index (χ4v) is 3.52. The van der Waals surface area contributed by atoms with Crippen LogP contribution in [0.1, 0.15) is 36.4 Å². The lowest BCUT2D eigenvalue weighted by molar-refractivity contribution is -0.0305. The summed E-state index contributed by atoms with van der Waals surface area (Å²) in [5, 5.41) is 10.0. The molecule has 0 saturated carbocycles. The third-order valence-corrected chi connectivity index (χ3v) is 5.01. The predicted octanol–water partition coefficient (Wildman–Crippen LogP) is 2.89. The van der Waals surface area contributed by atoms with Crippen LogP contribution in [0.3, 0.4) is 0 Å². The Labute approximate surface area is 114 Å². The summed E-state index contributed by atoms with van der Waals surface area (Å²) < 4.78 is 0.955. The number of hydrogen-bond donors (Lipinski definition) is 1. The Bertz CT molecular complexity index is 430. The summed E-state index contributed by atoms with van der Waals surface area (Å²) >= 11 is 4.80. The van der Waals surface area contributed by atoms with E-state index in [1.165, 1.54) is 11.3 Å². The summed E-state index contributed by atoms with van der Waals surface area (Å²) in [6.45, 7) is 4.58. The Kier molecular flexibility index (Phi) is 3.61. The van der Waals surface area contributed by atoms with E-state index in [1.54, 1.807) is 4.90 Å². The molecule has 94 valence electrons. The molecule has 1 amide bonds. The van der Waals surface area contributed by atoms with Crippen LogP contribution in [-0.2, 0) is 0 Å². The van der Waals surface area contributed by atoms with Crippen molar-refractivity contribution in [2.75, 3.05) is 6.54 Å². The average molecular weight is 318 g/mol. The van der Waals surface area contributed by atoms with Crippen molar-refractivity contribution >= 4 is 33.2 Å². The van der Waals surface area contributed by atoms with Gasteiger partial charge in [0.05, 0.1) is 20.3 Å². The Morgan fingerprint density at radius 3 is 2.88 bits per heavy atom. The van der Waals surface area contributed by atoms with E-state index < -0.39 is 11.6 Å². The van der Waals surface area contributed by atoms with Crippen LogP contribution in [-0.4, -0.2) is 34.1 Å². The zero-order valence-electron chi connectivity index (χ0n) is 9.94. The van der Waals surface area contributed by atoms with Gasteiger partial charge < -0.3 is 10.0 Å². The predicted molar refractivity (Wildman–Crippen MR) is 72.4 cm³/mol. The van der Waals surface area contributed by atoms with Gasteiger partial charge in [-0.3, -0.25) is 4.79 Å². The molecular formula is C12H16BrNO2S. The van der Waals surface area contributed by atoms with E-state index in [0.717, 1.165) is 28.0 Å². The van der Waals surface area contributed by atoms with Crippen LogP contribution in [0.5, 0.6) is 0 Å². The summed E-state index contributed by atoms with van der Waals surface area (Å²) in [5.41, 5.74) is -0.480. The van der Waals surface area contributed by atoms with Gasteiger partial charge >= 0.3 is 0 Å². The molecule has 0 spiro atoms. The first kappa shape index (κ1) is 13.1. The summed E-state index contributed by atoms with van der Waals surface area (Å²) in [7, 11) is 0. The van der Waals surface area contributed by atoms with Gasteiger partial charge in [-0.25, -0.2) is 0 Å². The average Bonchev–Trinajstić information content (AvgIpc) is 2.68. The standard InChI is InChI=1S/C12H16BrNO2S/c1-12(2)9(15)4-3-7-14(12)11(16)8-5-6-10(13)17-8/h5-6,9,15H,3-4,7H2,1-2H3. The SMILES string of the molecule is CC1(C)C(O)CCCN1C(=O)c1ccc(Br)s1. The molecule has 0 aromatic carbocycles. The Morgan fingerprint density at radius 2 is 2.29 bits per heavy atom. The van der Waals surface area contributed by atoms with E-state index in [2.05, 4.69) is 15.9 Å². The molecule has 1 unspecified atom stereocenters. The van der Waals surface area contributed by atoms with Crippen molar-refractivity contribution in [1.29, 1.82) is 0 Å². The highest BCUT2D eigenvalue weighted by atomic mass is 79.9. The lowest BCUT2D eigenvalue weighted by atomic mass is 9.87. The third-order valence-electron chi connectivity index (χ3n) is 3.40. The van der Waals surface area contributed by atoms with Crippen LogP contribution in [0.4, 0.5) is 0 Å². The Hall–Kier alpha value is -0.390. The molecule has 1 atom stereocenters. The van der Waals surface area contributed by atoms with Crippen molar-refractivity contribution in [2.24, 2.45) is 0 Å². The van der Waals surface area contributed by atoms with Gasteiger partial charge in [-0.15, -0.1) is 11.3 Å². The molecule has 5 heteroatoms. The number of nitrogens with zero attached hydrogens (tertiary/aromatic N) is 1. The molecule has 1 N–H and O–H groups in total. The maximum Gasteiger partial charge on any atom is 0.264 e. The van der Waals surface area contributed by atoms with Gasteiger partial charge in [0.1, 0.15) is 0 Å². The molecule has 2 heterocycles. The number of amides is 1. The van der Waals surface area contributed by atoms with Gasteiger partial charge in [0.2, 0.25) is 0 Å². The first-order valence-electron chi connectivity index (χ1n) is 5.68. The molecule has 1 aliphatic heterocycles. The summed E-state index contributed by atoms with van der Waals surface area (Å²) in [6.07, 6.45) is 1.19. The van der Waals surface area contributed by atoms with Gasteiger partial charge in [0.15, 0.2) is 0 Å². The van der Waals surface area contributed by atoms with Crippen molar-refractivity contribution in [3.05, 3.63) is 20.8 Å². The summed E-state index contributed by atoms with van der Waals surface area (Å²) in [6, 6.07) is 3.71. The molecule has 17 heavy (non-hydrogen) atoms. The highest BCUT2D eigenvalue weighted by molar-refractivity contribution is 9.11. The molecule has 1 fully saturated rings. The lowest BCUT2D eigenvalue weighted by Crippen LogP contribution is -2.58. The van der Waals surface area contributed by atoms with Gasteiger partial charge in [0.25, 0.3) is 5.91 Å². The Balaban J connectivity index is 2.24. The molecule has 1 aromatic rings. The van der Waals surface area contributed by atoms with E-state index in [1.807, 2.05) is 26.0 Å². The van der Waals surface area contributed by atoms with Crippen LogP contribution < -0.4 is 0 Å². The number of piperidine rings is 1. The van der Waals surface area contributed by atoms with E-state index >= 15 is 0 Å². The number of halogens is 1. The van der Waals surface area contributed by atoms with E-state index in [-0.39, 0.29) is 5.91 Å². The van der Waals surface area contributed by atoms with Gasteiger partial charge in [-0.05, 0) is 54.8 Å². The summed E-state index contributed by atoms with van der Waals surface area (Å²) in [4.78, 5) is 14.9. The maximum atomic E-state index is 12.4. The molecule has 2 rings (SSSR count). The van der Waals surface area contributed by atoms with Crippen LogP contribution in [0.25, 0.3) is 0 Å². The van der Waals surface area contributed by atoms with Crippen molar-refractivity contribution < 1.29 is 9.90 Å². The quantitative estimate of drug-likeness (QED) is 0.865. The highest BCUT2D eigenvalue weighted by Gasteiger charge is 2.40. The van der Waals surface area contributed by atoms with Crippen LogP contribution >= 0.6 is 27.3 Å². The lowest BCUT2D eigenvalue weighted by Gasteiger charge is -2.45. The van der Waals surface area contributed by atoms with Gasteiger partial charge in [0, 0.05) is 6.54 Å². The third kappa shape index (κ3) is 2.41. The molecule has 3 nitrogen and oxygen atoms in total.